The van der Waals surface area contributed by atoms with Crippen LogP contribution in [0.1, 0.15) is 16.7 Å². The average molecular weight is 588 g/mol. The predicted molar refractivity (Wildman–Crippen MR) is 153 cm³/mol. The standard InChI is InChI=1S/C29H25Cl3N2O3S/c30-24-14-16-25(17-15-24)38(36,37)34(20-26-27(31)12-7-13-28(26)32)21-29(35)33(18-22-8-3-1-4-9-22)19-23-10-5-2-6-11-23/h1-17H,18-21H2. The monoisotopic (exact) mass is 586 g/mol. The zero-order valence-corrected chi connectivity index (χ0v) is 23.4. The van der Waals surface area contributed by atoms with Gasteiger partial charge in [0.25, 0.3) is 0 Å². The third-order valence-electron chi connectivity index (χ3n) is 5.94. The molecular formula is C29H25Cl3N2O3S. The number of carbonyl (C=O) groups is 1. The lowest BCUT2D eigenvalue weighted by Crippen LogP contribution is -2.42. The lowest BCUT2D eigenvalue weighted by atomic mass is 10.1. The molecule has 0 spiro atoms. The molecule has 4 aromatic rings. The molecule has 196 valence electrons. The fourth-order valence-electron chi connectivity index (χ4n) is 3.93. The highest BCUT2D eigenvalue weighted by Gasteiger charge is 2.30. The van der Waals surface area contributed by atoms with Gasteiger partial charge in [0.05, 0.1) is 11.4 Å². The van der Waals surface area contributed by atoms with Crippen molar-refractivity contribution in [2.45, 2.75) is 24.5 Å². The molecular weight excluding hydrogens is 563 g/mol. The van der Waals surface area contributed by atoms with Crippen molar-refractivity contribution in [2.24, 2.45) is 0 Å². The number of hydrogen-bond donors (Lipinski definition) is 0. The van der Waals surface area contributed by atoms with Crippen LogP contribution in [0.2, 0.25) is 15.1 Å². The average Bonchev–Trinajstić information content (AvgIpc) is 2.91. The molecule has 0 aromatic heterocycles. The molecule has 0 saturated heterocycles. The second-order valence-corrected chi connectivity index (χ2v) is 11.8. The Kier molecular flexibility index (Phi) is 9.47. The van der Waals surface area contributed by atoms with Crippen LogP contribution in [0.4, 0.5) is 0 Å². The van der Waals surface area contributed by atoms with E-state index in [1.807, 2.05) is 60.7 Å². The summed E-state index contributed by atoms with van der Waals surface area (Å²) < 4.78 is 28.6. The van der Waals surface area contributed by atoms with Gasteiger partial charge in [-0.25, -0.2) is 8.42 Å². The number of benzene rings is 4. The minimum absolute atomic E-state index is 0.00976. The highest BCUT2D eigenvalue weighted by Crippen LogP contribution is 2.29. The fourth-order valence-corrected chi connectivity index (χ4v) is 5.93. The zero-order chi connectivity index (χ0) is 27.1. The molecule has 4 rings (SSSR count). The summed E-state index contributed by atoms with van der Waals surface area (Å²) in [6.45, 7) is 0.0401. The van der Waals surface area contributed by atoms with E-state index >= 15 is 0 Å². The van der Waals surface area contributed by atoms with Gasteiger partial charge in [0.2, 0.25) is 15.9 Å². The van der Waals surface area contributed by atoms with E-state index in [4.69, 9.17) is 34.8 Å². The van der Waals surface area contributed by atoms with Crippen molar-refractivity contribution >= 4 is 50.7 Å². The SMILES string of the molecule is O=C(CN(Cc1c(Cl)cccc1Cl)S(=O)(=O)c1ccc(Cl)cc1)N(Cc1ccccc1)Cc1ccccc1. The molecule has 4 aromatic carbocycles. The number of amides is 1. The predicted octanol–water partition coefficient (Wildman–Crippen LogP) is 7.07. The summed E-state index contributed by atoms with van der Waals surface area (Å²) >= 11 is 18.8. The molecule has 5 nitrogen and oxygen atoms in total. The molecule has 1 amide bonds. The Bertz CT molecular complexity index is 1420. The molecule has 0 radical (unpaired) electrons. The Morgan fingerprint density at radius 3 is 1.63 bits per heavy atom. The first-order valence-electron chi connectivity index (χ1n) is 11.8. The van der Waals surface area contributed by atoms with Crippen LogP contribution in [0.5, 0.6) is 0 Å². The number of rotatable bonds is 10. The van der Waals surface area contributed by atoms with Gasteiger partial charge in [0.1, 0.15) is 0 Å². The molecule has 0 aliphatic rings. The number of sulfonamides is 1. The van der Waals surface area contributed by atoms with E-state index in [2.05, 4.69) is 0 Å². The Labute approximate surface area is 238 Å². The van der Waals surface area contributed by atoms with Crippen molar-refractivity contribution < 1.29 is 13.2 Å². The normalized spacial score (nSPS) is 11.5. The molecule has 0 saturated carbocycles. The number of halogens is 3. The van der Waals surface area contributed by atoms with E-state index in [0.717, 1.165) is 15.4 Å². The second kappa shape index (κ2) is 12.8. The van der Waals surface area contributed by atoms with Crippen LogP contribution < -0.4 is 0 Å². The van der Waals surface area contributed by atoms with Gasteiger partial charge in [-0.1, -0.05) is 102 Å². The third kappa shape index (κ3) is 7.16. The Hall–Kier alpha value is -2.87. The van der Waals surface area contributed by atoms with Crippen molar-refractivity contribution in [3.8, 4) is 0 Å². The van der Waals surface area contributed by atoms with E-state index in [1.165, 1.54) is 24.3 Å². The lowest BCUT2D eigenvalue weighted by Gasteiger charge is -2.28. The Balaban J connectivity index is 1.69. The first-order chi connectivity index (χ1) is 18.2. The smallest absolute Gasteiger partial charge is 0.243 e. The summed E-state index contributed by atoms with van der Waals surface area (Å²) in [5.41, 5.74) is 2.27. The molecule has 0 N–H and O–H groups in total. The maximum atomic E-state index is 13.8. The van der Waals surface area contributed by atoms with Crippen molar-refractivity contribution in [2.75, 3.05) is 6.54 Å². The summed E-state index contributed by atoms with van der Waals surface area (Å²) in [5, 5.41) is 1.02. The van der Waals surface area contributed by atoms with Gasteiger partial charge in [-0.05, 0) is 47.5 Å². The van der Waals surface area contributed by atoms with Gasteiger partial charge in [-0.3, -0.25) is 4.79 Å². The molecule has 38 heavy (non-hydrogen) atoms. The van der Waals surface area contributed by atoms with Crippen molar-refractivity contribution in [1.29, 1.82) is 0 Å². The largest absolute Gasteiger partial charge is 0.333 e. The molecule has 0 bridgehead atoms. The van der Waals surface area contributed by atoms with Crippen molar-refractivity contribution in [3.05, 3.63) is 135 Å². The summed E-state index contributed by atoms with van der Waals surface area (Å²) in [7, 11) is -4.11. The highest BCUT2D eigenvalue weighted by atomic mass is 35.5. The molecule has 0 aliphatic carbocycles. The lowest BCUT2D eigenvalue weighted by molar-refractivity contribution is -0.132. The first-order valence-corrected chi connectivity index (χ1v) is 14.4. The Morgan fingerprint density at radius 2 is 1.13 bits per heavy atom. The van der Waals surface area contributed by atoms with Crippen LogP contribution in [0, 0.1) is 0 Å². The van der Waals surface area contributed by atoms with Gasteiger partial charge >= 0.3 is 0 Å². The second-order valence-electron chi connectivity index (χ2n) is 8.65. The molecule has 0 atom stereocenters. The maximum absolute atomic E-state index is 13.8. The minimum Gasteiger partial charge on any atom is -0.333 e. The quantitative estimate of drug-likeness (QED) is 0.199. The van der Waals surface area contributed by atoms with Crippen LogP contribution in [0.15, 0.2) is 108 Å². The fraction of sp³-hybridized carbons (Fsp3) is 0.138. The summed E-state index contributed by atoms with van der Waals surface area (Å²) in [6.07, 6.45) is 0. The van der Waals surface area contributed by atoms with E-state index in [1.54, 1.807) is 23.1 Å². The summed E-state index contributed by atoms with van der Waals surface area (Å²) in [5.74, 6) is -0.363. The van der Waals surface area contributed by atoms with Gasteiger partial charge in [0, 0.05) is 40.3 Å². The van der Waals surface area contributed by atoms with Crippen molar-refractivity contribution in [1.82, 2.24) is 9.21 Å². The van der Waals surface area contributed by atoms with Crippen molar-refractivity contribution in [3.63, 3.8) is 0 Å². The molecule has 0 unspecified atom stereocenters. The Morgan fingerprint density at radius 1 is 0.632 bits per heavy atom. The zero-order valence-electron chi connectivity index (χ0n) is 20.3. The topological polar surface area (TPSA) is 57.7 Å². The summed E-state index contributed by atoms with van der Waals surface area (Å²) in [4.78, 5) is 15.4. The van der Waals surface area contributed by atoms with E-state index in [-0.39, 0.29) is 17.3 Å². The van der Waals surface area contributed by atoms with Gasteiger partial charge in [0.15, 0.2) is 0 Å². The van der Waals surface area contributed by atoms with Crippen LogP contribution in [-0.4, -0.2) is 30.1 Å². The number of carbonyl (C=O) groups excluding carboxylic acids is 1. The highest BCUT2D eigenvalue weighted by molar-refractivity contribution is 7.89. The van der Waals surface area contributed by atoms with E-state index < -0.39 is 16.6 Å². The van der Waals surface area contributed by atoms with Gasteiger partial charge in [-0.2, -0.15) is 4.31 Å². The molecule has 9 heteroatoms. The number of hydrogen-bond acceptors (Lipinski definition) is 3. The molecule has 0 heterocycles. The molecule has 0 fully saturated rings. The van der Waals surface area contributed by atoms with Crippen LogP contribution in [0.3, 0.4) is 0 Å². The summed E-state index contributed by atoms with van der Waals surface area (Å²) in [6, 6.07) is 29.9. The van der Waals surface area contributed by atoms with Gasteiger partial charge in [-0.15, -0.1) is 0 Å². The number of nitrogens with zero attached hydrogens (tertiary/aromatic N) is 2. The van der Waals surface area contributed by atoms with E-state index in [0.29, 0.717) is 33.7 Å². The molecule has 0 aliphatic heterocycles. The maximum Gasteiger partial charge on any atom is 0.243 e. The van der Waals surface area contributed by atoms with Crippen LogP contribution in [-0.2, 0) is 34.5 Å². The van der Waals surface area contributed by atoms with Crippen LogP contribution >= 0.6 is 34.8 Å². The van der Waals surface area contributed by atoms with Gasteiger partial charge < -0.3 is 4.90 Å². The van der Waals surface area contributed by atoms with E-state index in [9.17, 15) is 13.2 Å². The third-order valence-corrected chi connectivity index (χ3v) is 8.71. The van der Waals surface area contributed by atoms with Crippen LogP contribution in [0.25, 0.3) is 0 Å². The first kappa shape index (κ1) is 28.1. The minimum atomic E-state index is -4.11.